The highest BCUT2D eigenvalue weighted by Gasteiger charge is 2.40. The van der Waals surface area contributed by atoms with Crippen LogP contribution in [-0.2, 0) is 28.7 Å². The van der Waals surface area contributed by atoms with Gasteiger partial charge in [-0.15, -0.1) is 0 Å². The third-order valence-electron chi connectivity index (χ3n) is 7.10. The molecule has 3 aliphatic rings. The first kappa shape index (κ1) is 25.0. The molecule has 0 N–H and O–H groups in total. The molecular weight excluding hydrogens is 517 g/mol. The summed E-state index contributed by atoms with van der Waals surface area (Å²) < 4.78 is 72.6. The van der Waals surface area contributed by atoms with E-state index in [4.69, 9.17) is 28.4 Å². The predicted molar refractivity (Wildman–Crippen MR) is 131 cm³/mol. The minimum atomic E-state index is -4.42. The number of alkyl halides is 3. The van der Waals surface area contributed by atoms with Crippen molar-refractivity contribution in [1.29, 1.82) is 0 Å². The van der Waals surface area contributed by atoms with Crippen LogP contribution >= 0.6 is 0 Å². The van der Waals surface area contributed by atoms with Crippen LogP contribution in [0.25, 0.3) is 0 Å². The molecule has 0 fully saturated rings. The molecule has 39 heavy (non-hydrogen) atoms. The summed E-state index contributed by atoms with van der Waals surface area (Å²) in [7, 11) is 2.95. The first-order chi connectivity index (χ1) is 18.8. The standard InChI is InChI=1S/C29H23F3O7/c1-34-23-9-17(10-24(35-2)27(23)36-12-15-3-5-19(6-4-15)29(30,31)32)25-20-11-22-21(38-14-39-22)8-16(20)7-18-13-37-28(33)26(18)25/h3-6,8-11,25H,7,12-14H2,1-2H3/t25-/m1/s1. The average molecular weight is 540 g/mol. The number of cyclic esters (lactones) is 1. The minimum absolute atomic E-state index is 0.0123. The fourth-order valence-corrected chi connectivity index (χ4v) is 5.23. The fourth-order valence-electron chi connectivity index (χ4n) is 5.23. The highest BCUT2D eigenvalue weighted by atomic mass is 19.4. The van der Waals surface area contributed by atoms with Gasteiger partial charge in [-0.3, -0.25) is 0 Å². The van der Waals surface area contributed by atoms with E-state index in [0.717, 1.165) is 34.4 Å². The molecule has 0 saturated heterocycles. The third kappa shape index (κ3) is 4.39. The Kier molecular flexibility index (Phi) is 6.05. The second-order valence-electron chi connectivity index (χ2n) is 9.35. The molecule has 0 amide bonds. The van der Waals surface area contributed by atoms with E-state index in [1.807, 2.05) is 12.1 Å². The van der Waals surface area contributed by atoms with Gasteiger partial charge in [0.05, 0.1) is 25.4 Å². The van der Waals surface area contributed by atoms with Gasteiger partial charge in [0.25, 0.3) is 0 Å². The molecule has 6 rings (SSSR count). The number of hydrogen-bond acceptors (Lipinski definition) is 7. The van der Waals surface area contributed by atoms with Gasteiger partial charge in [-0.05, 0) is 70.6 Å². The van der Waals surface area contributed by atoms with Crippen LogP contribution in [0.4, 0.5) is 13.2 Å². The van der Waals surface area contributed by atoms with E-state index in [2.05, 4.69) is 0 Å². The zero-order chi connectivity index (χ0) is 27.3. The molecule has 0 bridgehead atoms. The van der Waals surface area contributed by atoms with Crippen molar-refractivity contribution in [3.05, 3.63) is 87.5 Å². The van der Waals surface area contributed by atoms with Crippen LogP contribution in [0.15, 0.2) is 59.7 Å². The number of rotatable bonds is 6. The van der Waals surface area contributed by atoms with E-state index in [1.165, 1.54) is 26.4 Å². The first-order valence-electron chi connectivity index (χ1n) is 12.1. The number of carbonyl (C=O) groups is 1. The normalized spacial score (nSPS) is 17.5. The van der Waals surface area contributed by atoms with Gasteiger partial charge < -0.3 is 28.4 Å². The Morgan fingerprint density at radius 3 is 2.23 bits per heavy atom. The Balaban J connectivity index is 1.38. The van der Waals surface area contributed by atoms with Crippen molar-refractivity contribution in [3.63, 3.8) is 0 Å². The number of benzene rings is 3. The lowest BCUT2D eigenvalue weighted by atomic mass is 9.75. The molecule has 0 saturated carbocycles. The third-order valence-corrected chi connectivity index (χ3v) is 7.10. The molecular formula is C29H23F3O7. The van der Waals surface area contributed by atoms with E-state index in [-0.39, 0.29) is 31.7 Å². The van der Waals surface area contributed by atoms with Crippen molar-refractivity contribution in [1.82, 2.24) is 0 Å². The second kappa shape index (κ2) is 9.44. The molecule has 202 valence electrons. The van der Waals surface area contributed by atoms with Crippen LogP contribution in [0.5, 0.6) is 28.7 Å². The number of esters is 1. The summed E-state index contributed by atoms with van der Waals surface area (Å²) >= 11 is 0. The van der Waals surface area contributed by atoms with Crippen LogP contribution < -0.4 is 23.7 Å². The van der Waals surface area contributed by atoms with E-state index in [1.54, 1.807) is 12.1 Å². The van der Waals surface area contributed by atoms with Crippen LogP contribution in [0.3, 0.4) is 0 Å². The molecule has 1 aliphatic carbocycles. The highest BCUT2D eigenvalue weighted by Crippen LogP contribution is 2.50. The fraction of sp³-hybridized carbons (Fsp3) is 0.276. The zero-order valence-electron chi connectivity index (χ0n) is 21.0. The molecule has 3 aromatic carbocycles. The topological polar surface area (TPSA) is 72.5 Å². The SMILES string of the molecule is COc1cc([C@H]2C3=C(COC3=O)Cc3cc4c(cc32)OCO4)cc(OC)c1OCc1ccc(C(F)(F)F)cc1. The average Bonchev–Trinajstić information content (AvgIpc) is 3.54. The van der Waals surface area contributed by atoms with E-state index >= 15 is 0 Å². The van der Waals surface area contributed by atoms with Gasteiger partial charge in [-0.2, -0.15) is 13.2 Å². The van der Waals surface area contributed by atoms with Crippen molar-refractivity contribution < 1.29 is 46.4 Å². The van der Waals surface area contributed by atoms with Gasteiger partial charge >= 0.3 is 12.1 Å². The summed E-state index contributed by atoms with van der Waals surface area (Å²) in [4.78, 5) is 12.9. The van der Waals surface area contributed by atoms with Crippen molar-refractivity contribution in [2.24, 2.45) is 0 Å². The number of fused-ring (bicyclic) bond motifs is 2. The Bertz CT molecular complexity index is 1470. The van der Waals surface area contributed by atoms with Gasteiger partial charge in [0, 0.05) is 5.92 Å². The Hall–Kier alpha value is -4.34. The Morgan fingerprint density at radius 2 is 1.59 bits per heavy atom. The maximum Gasteiger partial charge on any atom is 0.416 e. The predicted octanol–water partition coefficient (Wildman–Crippen LogP) is 5.57. The molecule has 0 spiro atoms. The van der Waals surface area contributed by atoms with Gasteiger partial charge in [-0.25, -0.2) is 4.79 Å². The number of carbonyl (C=O) groups excluding carboxylic acids is 1. The smallest absolute Gasteiger partial charge is 0.416 e. The molecule has 10 heteroatoms. The van der Waals surface area contributed by atoms with E-state index in [9.17, 15) is 18.0 Å². The molecule has 2 aliphatic heterocycles. The summed E-state index contributed by atoms with van der Waals surface area (Å²) in [6.45, 7) is 0.341. The second-order valence-corrected chi connectivity index (χ2v) is 9.35. The maximum atomic E-state index is 12.9. The van der Waals surface area contributed by atoms with E-state index < -0.39 is 17.7 Å². The first-order valence-corrected chi connectivity index (χ1v) is 12.1. The maximum absolute atomic E-state index is 12.9. The summed E-state index contributed by atoms with van der Waals surface area (Å²) in [6, 6.07) is 12.1. The minimum Gasteiger partial charge on any atom is -0.493 e. The van der Waals surface area contributed by atoms with Gasteiger partial charge in [-0.1, -0.05) is 12.1 Å². The van der Waals surface area contributed by atoms with Crippen molar-refractivity contribution >= 4 is 5.97 Å². The number of hydrogen-bond donors (Lipinski definition) is 0. The van der Waals surface area contributed by atoms with Crippen LogP contribution in [0, 0.1) is 0 Å². The molecule has 7 nitrogen and oxygen atoms in total. The lowest BCUT2D eigenvalue weighted by Gasteiger charge is -2.28. The van der Waals surface area contributed by atoms with Crippen LogP contribution in [0.1, 0.15) is 33.7 Å². The van der Waals surface area contributed by atoms with Gasteiger partial charge in [0.15, 0.2) is 23.0 Å². The summed E-state index contributed by atoms with van der Waals surface area (Å²) in [5.74, 6) is 1.39. The Labute approximate surface area is 221 Å². The summed E-state index contributed by atoms with van der Waals surface area (Å²) in [5.41, 5.74) is 3.89. The largest absolute Gasteiger partial charge is 0.493 e. The lowest BCUT2D eigenvalue weighted by molar-refractivity contribution is -0.138. The molecule has 2 heterocycles. The van der Waals surface area contributed by atoms with Gasteiger partial charge in [0.2, 0.25) is 12.5 Å². The number of halogens is 3. The van der Waals surface area contributed by atoms with Crippen LogP contribution in [0.2, 0.25) is 0 Å². The zero-order valence-corrected chi connectivity index (χ0v) is 21.0. The number of ether oxygens (including phenoxy) is 6. The van der Waals surface area contributed by atoms with Crippen molar-refractivity contribution in [3.8, 4) is 28.7 Å². The van der Waals surface area contributed by atoms with E-state index in [0.29, 0.717) is 40.6 Å². The van der Waals surface area contributed by atoms with Crippen molar-refractivity contribution in [2.45, 2.75) is 25.1 Å². The molecule has 3 aromatic rings. The van der Waals surface area contributed by atoms with Crippen LogP contribution in [-0.4, -0.2) is 33.6 Å². The molecule has 1 atom stereocenters. The summed E-state index contributed by atoms with van der Waals surface area (Å²) in [5, 5.41) is 0. The van der Waals surface area contributed by atoms with Gasteiger partial charge in [0.1, 0.15) is 13.2 Å². The quantitative estimate of drug-likeness (QED) is 0.379. The monoisotopic (exact) mass is 540 g/mol. The molecule has 0 unspecified atom stereocenters. The Morgan fingerprint density at radius 1 is 0.923 bits per heavy atom. The highest BCUT2D eigenvalue weighted by molar-refractivity contribution is 5.95. The lowest BCUT2D eigenvalue weighted by Crippen LogP contribution is -2.18. The summed E-state index contributed by atoms with van der Waals surface area (Å²) in [6.07, 6.45) is -3.86. The van der Waals surface area contributed by atoms with Crippen molar-refractivity contribution in [2.75, 3.05) is 27.6 Å². The molecule has 0 aromatic heterocycles. The molecule has 0 radical (unpaired) electrons. The number of methoxy groups -OCH3 is 2.